The lowest BCUT2D eigenvalue weighted by Crippen LogP contribution is -2.10. The normalized spacial score (nSPS) is 9.17. The number of ether oxygens (including phenoxy) is 1. The van der Waals surface area contributed by atoms with Crippen molar-refractivity contribution in [3.05, 3.63) is 30.1 Å². The molecule has 0 spiro atoms. The molecule has 0 atom stereocenters. The molecule has 1 aromatic rings. The molecule has 3 nitrogen and oxygen atoms in total. The van der Waals surface area contributed by atoms with Gasteiger partial charge in [-0.05, 0) is 18.2 Å². The summed E-state index contributed by atoms with van der Waals surface area (Å²) in [4.78, 5) is 10.6. The summed E-state index contributed by atoms with van der Waals surface area (Å²) in [5.41, 5.74) is 0.377. The number of carbonyl (C=O) groups excluding carboxylic acids is 1. The second kappa shape index (κ2) is 3.71. The van der Waals surface area contributed by atoms with Crippen molar-refractivity contribution in [2.45, 2.75) is 0 Å². The molecule has 0 aliphatic heterocycles. The third kappa shape index (κ3) is 2.23. The average molecular weight is 169 g/mol. The fourth-order valence-corrected chi connectivity index (χ4v) is 0.735. The number of hydrogen-bond acceptors (Lipinski definition) is 2. The van der Waals surface area contributed by atoms with Crippen LogP contribution in [0.2, 0.25) is 0 Å². The van der Waals surface area contributed by atoms with Gasteiger partial charge in [-0.25, -0.2) is 9.18 Å². The summed E-state index contributed by atoms with van der Waals surface area (Å²) in [5.74, 6) is -0.399. The number of rotatable bonds is 1. The molecule has 0 bridgehead atoms. The smallest absolute Gasteiger partial charge is 0.411 e. The molecular formula is C8H8FNO2. The van der Waals surface area contributed by atoms with Gasteiger partial charge in [-0.1, -0.05) is 6.07 Å². The number of anilines is 1. The first-order valence-corrected chi connectivity index (χ1v) is 3.33. The summed E-state index contributed by atoms with van der Waals surface area (Å²) in [6.07, 6.45) is -0.611. The van der Waals surface area contributed by atoms with Crippen LogP contribution < -0.4 is 5.32 Å². The minimum absolute atomic E-state index is 0.377. The van der Waals surface area contributed by atoms with Gasteiger partial charge in [0.25, 0.3) is 0 Å². The molecule has 1 N–H and O–H groups in total. The topological polar surface area (TPSA) is 38.3 Å². The van der Waals surface area contributed by atoms with E-state index in [0.717, 1.165) is 0 Å². The molecule has 0 heterocycles. The Labute approximate surface area is 69.2 Å². The first-order valence-electron chi connectivity index (χ1n) is 3.33. The predicted octanol–water partition coefficient (Wildman–Crippen LogP) is 2.00. The van der Waals surface area contributed by atoms with Gasteiger partial charge in [0.2, 0.25) is 0 Å². The van der Waals surface area contributed by atoms with E-state index in [1.807, 2.05) is 0 Å². The minimum Gasteiger partial charge on any atom is -0.453 e. The lowest BCUT2D eigenvalue weighted by Gasteiger charge is -2.02. The molecule has 0 fully saturated rings. The van der Waals surface area contributed by atoms with Crippen molar-refractivity contribution in [3.63, 3.8) is 0 Å². The van der Waals surface area contributed by atoms with Gasteiger partial charge in [0.1, 0.15) is 5.82 Å². The summed E-state index contributed by atoms with van der Waals surface area (Å²) in [6, 6.07) is 5.57. The second-order valence-electron chi connectivity index (χ2n) is 2.13. The van der Waals surface area contributed by atoms with E-state index in [2.05, 4.69) is 10.1 Å². The molecule has 0 aromatic heterocycles. The molecule has 1 amide bonds. The maximum absolute atomic E-state index is 12.5. The first-order chi connectivity index (χ1) is 5.72. The fourth-order valence-electron chi connectivity index (χ4n) is 0.735. The van der Waals surface area contributed by atoms with E-state index in [1.165, 1.54) is 25.3 Å². The van der Waals surface area contributed by atoms with E-state index in [0.29, 0.717) is 5.69 Å². The standard InChI is InChI=1S/C8H8FNO2/c1-12-8(11)10-7-4-2-3-6(9)5-7/h2-5H,1H3,(H,10,11). The molecule has 0 aliphatic carbocycles. The van der Waals surface area contributed by atoms with Crippen molar-refractivity contribution in [3.8, 4) is 0 Å². The fraction of sp³-hybridized carbons (Fsp3) is 0.125. The van der Waals surface area contributed by atoms with Crippen LogP contribution in [-0.2, 0) is 4.74 Å². The third-order valence-electron chi connectivity index (χ3n) is 1.26. The van der Waals surface area contributed by atoms with Crippen LogP contribution in [0, 0.1) is 5.82 Å². The number of benzene rings is 1. The van der Waals surface area contributed by atoms with Gasteiger partial charge in [0, 0.05) is 5.69 Å². The zero-order chi connectivity index (χ0) is 8.97. The zero-order valence-electron chi connectivity index (χ0n) is 6.50. The van der Waals surface area contributed by atoms with Gasteiger partial charge in [-0.2, -0.15) is 0 Å². The Morgan fingerprint density at radius 2 is 2.33 bits per heavy atom. The highest BCUT2D eigenvalue weighted by Gasteiger charge is 1.99. The quantitative estimate of drug-likeness (QED) is 0.698. The highest BCUT2D eigenvalue weighted by molar-refractivity contribution is 5.84. The third-order valence-corrected chi connectivity index (χ3v) is 1.26. The maximum Gasteiger partial charge on any atom is 0.411 e. The molecule has 1 rings (SSSR count). The minimum atomic E-state index is -0.611. The largest absolute Gasteiger partial charge is 0.453 e. The lowest BCUT2D eigenvalue weighted by molar-refractivity contribution is 0.187. The van der Waals surface area contributed by atoms with Crippen LogP contribution in [-0.4, -0.2) is 13.2 Å². The number of amides is 1. The van der Waals surface area contributed by atoms with E-state index in [4.69, 9.17) is 0 Å². The van der Waals surface area contributed by atoms with Crippen LogP contribution in [0.5, 0.6) is 0 Å². The van der Waals surface area contributed by atoms with Gasteiger partial charge in [-0.3, -0.25) is 5.32 Å². The predicted molar refractivity (Wildman–Crippen MR) is 42.4 cm³/mol. The van der Waals surface area contributed by atoms with Gasteiger partial charge in [0.15, 0.2) is 0 Å². The Hall–Kier alpha value is -1.58. The van der Waals surface area contributed by atoms with Crippen LogP contribution >= 0.6 is 0 Å². The van der Waals surface area contributed by atoms with E-state index < -0.39 is 11.9 Å². The number of hydrogen-bond donors (Lipinski definition) is 1. The average Bonchev–Trinajstić information content (AvgIpc) is 2.04. The molecule has 0 saturated carbocycles. The Kier molecular flexibility index (Phi) is 2.63. The molecule has 12 heavy (non-hydrogen) atoms. The first kappa shape index (κ1) is 8.52. The van der Waals surface area contributed by atoms with Crippen molar-refractivity contribution in [1.29, 1.82) is 0 Å². The van der Waals surface area contributed by atoms with Gasteiger partial charge in [0.05, 0.1) is 7.11 Å². The van der Waals surface area contributed by atoms with Crippen LogP contribution in [0.4, 0.5) is 14.9 Å². The van der Waals surface area contributed by atoms with Crippen molar-refractivity contribution in [2.75, 3.05) is 12.4 Å². The van der Waals surface area contributed by atoms with Crippen LogP contribution in [0.3, 0.4) is 0 Å². The number of methoxy groups -OCH3 is 1. The van der Waals surface area contributed by atoms with Gasteiger partial charge < -0.3 is 4.74 Å². The van der Waals surface area contributed by atoms with E-state index in [1.54, 1.807) is 6.07 Å². The number of carbonyl (C=O) groups is 1. The van der Waals surface area contributed by atoms with E-state index in [-0.39, 0.29) is 0 Å². The molecule has 4 heteroatoms. The van der Waals surface area contributed by atoms with Crippen molar-refractivity contribution in [2.24, 2.45) is 0 Å². The summed E-state index contributed by atoms with van der Waals surface area (Å²) < 4.78 is 16.9. The summed E-state index contributed by atoms with van der Waals surface area (Å²) in [5, 5.41) is 2.33. The number of nitrogens with one attached hydrogen (secondary N) is 1. The Balaban J connectivity index is 2.69. The highest BCUT2D eigenvalue weighted by atomic mass is 19.1. The maximum atomic E-state index is 12.5. The Morgan fingerprint density at radius 1 is 1.58 bits per heavy atom. The van der Waals surface area contributed by atoms with Crippen molar-refractivity contribution >= 4 is 11.8 Å². The van der Waals surface area contributed by atoms with Crippen molar-refractivity contribution < 1.29 is 13.9 Å². The Morgan fingerprint density at radius 3 is 2.92 bits per heavy atom. The van der Waals surface area contributed by atoms with Crippen LogP contribution in [0.25, 0.3) is 0 Å². The van der Waals surface area contributed by atoms with Crippen LogP contribution in [0.15, 0.2) is 24.3 Å². The number of halogens is 1. The molecule has 0 unspecified atom stereocenters. The highest BCUT2D eigenvalue weighted by Crippen LogP contribution is 2.08. The van der Waals surface area contributed by atoms with E-state index in [9.17, 15) is 9.18 Å². The van der Waals surface area contributed by atoms with Crippen molar-refractivity contribution in [1.82, 2.24) is 0 Å². The lowest BCUT2D eigenvalue weighted by atomic mass is 10.3. The SMILES string of the molecule is COC(=O)Nc1cccc(F)c1. The van der Waals surface area contributed by atoms with Crippen LogP contribution in [0.1, 0.15) is 0 Å². The molecule has 1 aromatic carbocycles. The summed E-state index contributed by atoms with van der Waals surface area (Å²) in [6.45, 7) is 0. The zero-order valence-corrected chi connectivity index (χ0v) is 6.50. The molecular weight excluding hydrogens is 161 g/mol. The molecule has 0 aliphatic rings. The Bertz CT molecular complexity index is 288. The summed E-state index contributed by atoms with van der Waals surface area (Å²) in [7, 11) is 1.24. The molecule has 64 valence electrons. The molecule has 0 saturated heterocycles. The van der Waals surface area contributed by atoms with Gasteiger partial charge in [-0.15, -0.1) is 0 Å². The monoisotopic (exact) mass is 169 g/mol. The summed E-state index contributed by atoms with van der Waals surface area (Å²) >= 11 is 0. The van der Waals surface area contributed by atoms with E-state index >= 15 is 0 Å². The molecule has 0 radical (unpaired) electrons. The van der Waals surface area contributed by atoms with Gasteiger partial charge >= 0.3 is 6.09 Å². The second-order valence-corrected chi connectivity index (χ2v) is 2.13.